The zero-order valence-electron chi connectivity index (χ0n) is 21.5. The van der Waals surface area contributed by atoms with E-state index in [0.29, 0.717) is 5.56 Å². The van der Waals surface area contributed by atoms with Gasteiger partial charge >= 0.3 is 18.1 Å². The van der Waals surface area contributed by atoms with Crippen molar-refractivity contribution < 1.29 is 36.6 Å². The third kappa shape index (κ3) is 9.99. The second kappa shape index (κ2) is 13.5. The van der Waals surface area contributed by atoms with Crippen LogP contribution in [0.4, 0.5) is 28.2 Å². The van der Waals surface area contributed by atoms with E-state index in [9.17, 15) is 31.9 Å². The minimum absolute atomic E-state index is 0.00238. The Morgan fingerprint density at radius 2 is 1.95 bits per heavy atom. The van der Waals surface area contributed by atoms with Crippen LogP contribution in [0.5, 0.6) is 5.75 Å². The van der Waals surface area contributed by atoms with Crippen molar-refractivity contribution >= 4 is 17.8 Å². The van der Waals surface area contributed by atoms with Gasteiger partial charge in [-0.25, -0.2) is 18.7 Å². The molecule has 0 aliphatic heterocycles. The monoisotopic (exact) mass is 569 g/mol. The molecule has 0 bridgehead atoms. The molecule has 2 amide bonds. The van der Waals surface area contributed by atoms with Gasteiger partial charge in [0.1, 0.15) is 17.7 Å². The van der Waals surface area contributed by atoms with Gasteiger partial charge in [0, 0.05) is 19.3 Å². The van der Waals surface area contributed by atoms with Crippen LogP contribution in [0.15, 0.2) is 47.5 Å². The molecule has 2 N–H and O–H groups in total. The number of aromatic nitrogens is 5. The summed E-state index contributed by atoms with van der Waals surface area (Å²) in [5.41, 5.74) is -0.458. The smallest absolute Gasteiger partial charge is 0.449 e. The summed E-state index contributed by atoms with van der Waals surface area (Å²) in [6.45, 7) is 3.58. The van der Waals surface area contributed by atoms with Crippen molar-refractivity contribution in [3.63, 3.8) is 0 Å². The first kappa shape index (κ1) is 30.0. The molecular formula is C24H27F4N7O5. The van der Waals surface area contributed by atoms with Gasteiger partial charge in [-0.3, -0.25) is 14.7 Å². The lowest BCUT2D eigenvalue weighted by Crippen LogP contribution is -2.27. The standard InChI is InChI=1S/C24H27F4N7O5/c1-15(2)14-39-23(38)31-20-7-9-34(22(37)30-20)8-6-17(25)12-35-13-19(32-33-35)21(36)29-11-16-4-3-5-18(10-16)40-24(26,27)28/h3-5,7,9-10,13,15,17H,6,8,11-12,14H2,1-2H3,(H,29,36)(H,30,31,37,38). The molecule has 3 rings (SSSR count). The summed E-state index contributed by atoms with van der Waals surface area (Å²) >= 11 is 0. The molecule has 0 saturated carbocycles. The predicted octanol–water partition coefficient (Wildman–Crippen LogP) is 3.30. The van der Waals surface area contributed by atoms with Gasteiger partial charge in [0.05, 0.1) is 19.3 Å². The average molecular weight is 570 g/mol. The minimum Gasteiger partial charge on any atom is -0.449 e. The van der Waals surface area contributed by atoms with Gasteiger partial charge in [-0.05, 0) is 36.1 Å². The third-order valence-corrected chi connectivity index (χ3v) is 5.08. The fraction of sp³-hybridized carbons (Fsp3) is 0.417. The molecule has 12 nitrogen and oxygen atoms in total. The zero-order valence-corrected chi connectivity index (χ0v) is 21.5. The van der Waals surface area contributed by atoms with E-state index in [1.165, 1.54) is 35.2 Å². The van der Waals surface area contributed by atoms with E-state index in [2.05, 4.69) is 30.7 Å². The number of carbonyl (C=O) groups excluding carboxylic acids is 2. The maximum Gasteiger partial charge on any atom is 0.573 e. The van der Waals surface area contributed by atoms with Crippen LogP contribution in [0.25, 0.3) is 0 Å². The van der Waals surface area contributed by atoms with Crippen LogP contribution in [0.2, 0.25) is 0 Å². The molecule has 3 aromatic rings. The second-order valence-corrected chi connectivity index (χ2v) is 9.00. The van der Waals surface area contributed by atoms with Crippen molar-refractivity contribution in [1.29, 1.82) is 0 Å². The lowest BCUT2D eigenvalue weighted by Gasteiger charge is -2.11. The molecule has 0 saturated heterocycles. The quantitative estimate of drug-likeness (QED) is 0.317. The number of anilines is 1. The molecule has 2 heterocycles. The highest BCUT2D eigenvalue weighted by Gasteiger charge is 2.31. The Hall–Kier alpha value is -4.50. The highest BCUT2D eigenvalue weighted by Crippen LogP contribution is 2.23. The van der Waals surface area contributed by atoms with Crippen molar-refractivity contribution in [3.8, 4) is 5.75 Å². The minimum atomic E-state index is -4.84. The number of nitrogens with zero attached hydrogens (tertiary/aromatic N) is 5. The van der Waals surface area contributed by atoms with E-state index >= 15 is 0 Å². The van der Waals surface area contributed by atoms with Crippen LogP contribution >= 0.6 is 0 Å². The van der Waals surface area contributed by atoms with E-state index < -0.39 is 36.0 Å². The Balaban J connectivity index is 1.46. The number of alkyl halides is 4. The second-order valence-electron chi connectivity index (χ2n) is 9.00. The van der Waals surface area contributed by atoms with Gasteiger partial charge in [-0.1, -0.05) is 31.2 Å². The van der Waals surface area contributed by atoms with E-state index in [-0.39, 0.29) is 50.1 Å². The highest BCUT2D eigenvalue weighted by atomic mass is 19.4. The van der Waals surface area contributed by atoms with Crippen molar-refractivity contribution in [2.75, 3.05) is 11.9 Å². The molecule has 1 unspecified atom stereocenters. The van der Waals surface area contributed by atoms with E-state index in [0.717, 1.165) is 16.8 Å². The van der Waals surface area contributed by atoms with Gasteiger partial charge in [-0.2, -0.15) is 4.98 Å². The van der Waals surface area contributed by atoms with Crippen molar-refractivity contribution in [2.45, 2.75) is 52.4 Å². The van der Waals surface area contributed by atoms with Crippen LogP contribution in [0, 0.1) is 5.92 Å². The van der Waals surface area contributed by atoms with Crippen molar-refractivity contribution in [1.82, 2.24) is 29.9 Å². The number of nitrogens with one attached hydrogen (secondary N) is 2. The average Bonchev–Trinajstić information content (AvgIpc) is 3.33. The van der Waals surface area contributed by atoms with E-state index in [1.54, 1.807) is 0 Å². The molecule has 0 aliphatic rings. The summed E-state index contributed by atoms with van der Waals surface area (Å²) in [5.74, 6) is -0.944. The molecule has 0 spiro atoms. The van der Waals surface area contributed by atoms with Gasteiger partial charge in [-0.15, -0.1) is 18.3 Å². The maximum atomic E-state index is 14.6. The molecule has 0 aliphatic carbocycles. The first-order valence-electron chi connectivity index (χ1n) is 12.1. The Labute approximate surface area is 225 Å². The molecular weight excluding hydrogens is 542 g/mol. The summed E-state index contributed by atoms with van der Waals surface area (Å²) in [7, 11) is 0. The number of amides is 2. The Morgan fingerprint density at radius 1 is 1.18 bits per heavy atom. The van der Waals surface area contributed by atoms with Gasteiger partial charge in [0.15, 0.2) is 5.69 Å². The van der Waals surface area contributed by atoms with Crippen LogP contribution < -0.4 is 21.1 Å². The molecule has 40 heavy (non-hydrogen) atoms. The normalized spacial score (nSPS) is 12.2. The molecule has 216 valence electrons. The number of benzene rings is 1. The molecule has 0 radical (unpaired) electrons. The van der Waals surface area contributed by atoms with Crippen molar-refractivity contribution in [2.24, 2.45) is 5.92 Å². The molecule has 0 fully saturated rings. The number of aryl methyl sites for hydroxylation is 1. The zero-order chi connectivity index (χ0) is 29.3. The Morgan fingerprint density at radius 3 is 2.65 bits per heavy atom. The number of ether oxygens (including phenoxy) is 2. The third-order valence-electron chi connectivity index (χ3n) is 5.08. The lowest BCUT2D eigenvalue weighted by atomic mass is 10.2. The Kier molecular flexibility index (Phi) is 10.2. The maximum absolute atomic E-state index is 14.6. The van der Waals surface area contributed by atoms with Crippen LogP contribution in [-0.4, -0.2) is 55.7 Å². The van der Waals surface area contributed by atoms with E-state index in [4.69, 9.17) is 4.74 Å². The van der Waals surface area contributed by atoms with Crippen LogP contribution in [0.3, 0.4) is 0 Å². The lowest BCUT2D eigenvalue weighted by molar-refractivity contribution is -0.274. The summed E-state index contributed by atoms with van der Waals surface area (Å²) in [4.78, 5) is 39.9. The fourth-order valence-electron chi connectivity index (χ4n) is 3.24. The molecule has 2 aromatic heterocycles. The number of hydrogen-bond acceptors (Lipinski definition) is 8. The topological polar surface area (TPSA) is 142 Å². The van der Waals surface area contributed by atoms with Crippen LogP contribution in [0.1, 0.15) is 36.3 Å². The van der Waals surface area contributed by atoms with Gasteiger partial charge < -0.3 is 14.8 Å². The van der Waals surface area contributed by atoms with Crippen molar-refractivity contribution in [3.05, 3.63) is 64.5 Å². The molecule has 16 heteroatoms. The summed E-state index contributed by atoms with van der Waals surface area (Å²) in [6.07, 6.45) is -4.53. The predicted molar refractivity (Wildman–Crippen MR) is 132 cm³/mol. The summed E-state index contributed by atoms with van der Waals surface area (Å²) in [5, 5.41) is 12.2. The van der Waals surface area contributed by atoms with E-state index in [1.807, 2.05) is 13.8 Å². The SMILES string of the molecule is CC(C)COC(=O)Nc1ccn(CCC(F)Cn2cc(C(=O)NCc3cccc(OC(F)(F)F)c3)nn2)c(=O)n1. The highest BCUT2D eigenvalue weighted by molar-refractivity contribution is 5.91. The Bertz CT molecular complexity index is 1360. The molecule has 1 atom stereocenters. The van der Waals surface area contributed by atoms with Gasteiger partial charge in [0.2, 0.25) is 0 Å². The number of halogens is 4. The first-order chi connectivity index (χ1) is 18.9. The van der Waals surface area contributed by atoms with Gasteiger partial charge in [0.25, 0.3) is 5.91 Å². The molecule has 1 aromatic carbocycles. The fourth-order valence-corrected chi connectivity index (χ4v) is 3.24. The summed E-state index contributed by atoms with van der Waals surface area (Å²) in [6, 6.07) is 6.49. The summed E-state index contributed by atoms with van der Waals surface area (Å²) < 4.78 is 62.8. The first-order valence-corrected chi connectivity index (χ1v) is 12.1. The number of hydrogen-bond donors (Lipinski definition) is 2. The number of rotatable bonds is 12. The van der Waals surface area contributed by atoms with Crippen LogP contribution in [-0.2, 0) is 24.4 Å². The largest absolute Gasteiger partial charge is 0.573 e. The number of carbonyl (C=O) groups is 2.